The Morgan fingerprint density at radius 3 is 2.30 bits per heavy atom. The first-order valence-corrected chi connectivity index (χ1v) is 8.86. The van der Waals surface area contributed by atoms with Gasteiger partial charge >= 0.3 is 0 Å². The maximum absolute atomic E-state index is 6.01. The van der Waals surface area contributed by atoms with Crippen LogP contribution in [-0.4, -0.2) is 0 Å². The van der Waals surface area contributed by atoms with Crippen LogP contribution in [0.5, 0.6) is 0 Å². The van der Waals surface area contributed by atoms with Gasteiger partial charge in [0.15, 0.2) is 0 Å². The van der Waals surface area contributed by atoms with Crippen LogP contribution in [0.25, 0.3) is 0 Å². The van der Waals surface area contributed by atoms with E-state index < -0.39 is 0 Å². The molecule has 1 atom stereocenters. The van der Waals surface area contributed by atoms with E-state index in [0.717, 1.165) is 22.3 Å². The normalized spacial score (nSPS) is 12.4. The summed E-state index contributed by atoms with van der Waals surface area (Å²) in [5.74, 6) is 0. The lowest BCUT2D eigenvalue weighted by atomic mass is 9.96. The Balaban J connectivity index is 2.40. The number of hydrogen-bond donors (Lipinski definition) is 0. The third kappa shape index (κ3) is 3.47. The topological polar surface area (TPSA) is 0 Å². The van der Waals surface area contributed by atoms with Gasteiger partial charge in [0.2, 0.25) is 0 Å². The summed E-state index contributed by atoms with van der Waals surface area (Å²) in [6, 6.07) is 12.7. The fraction of sp³-hybridized carbons (Fsp3) is 0.294. The molecule has 0 bridgehead atoms. The van der Waals surface area contributed by atoms with Gasteiger partial charge in [-0.1, -0.05) is 81.6 Å². The standard InChI is InChI=1S/C17H17Br2Cl/c1-3-11-5-6-13(9-12(11)4-2)17(19)15-8-7-14(20)10-16(15)18/h5-10,17H,3-4H2,1-2H3. The van der Waals surface area contributed by atoms with Crippen molar-refractivity contribution >= 4 is 43.5 Å². The smallest absolute Gasteiger partial charge is 0.0655 e. The second kappa shape index (κ2) is 7.11. The highest BCUT2D eigenvalue weighted by Gasteiger charge is 2.15. The van der Waals surface area contributed by atoms with Gasteiger partial charge in [0.1, 0.15) is 0 Å². The SMILES string of the molecule is CCc1ccc(C(Br)c2ccc(Cl)cc2Br)cc1CC. The molecule has 0 nitrogen and oxygen atoms in total. The maximum Gasteiger partial charge on any atom is 0.0655 e. The highest BCUT2D eigenvalue weighted by molar-refractivity contribution is 9.11. The van der Waals surface area contributed by atoms with Crippen molar-refractivity contribution in [2.24, 2.45) is 0 Å². The summed E-state index contributed by atoms with van der Waals surface area (Å²) >= 11 is 13.4. The van der Waals surface area contributed by atoms with E-state index in [9.17, 15) is 0 Å². The molecular formula is C17H17Br2Cl. The van der Waals surface area contributed by atoms with Crippen molar-refractivity contribution in [3.63, 3.8) is 0 Å². The summed E-state index contributed by atoms with van der Waals surface area (Å²) in [6.07, 6.45) is 2.15. The molecule has 0 aromatic heterocycles. The highest BCUT2D eigenvalue weighted by atomic mass is 79.9. The Bertz CT molecular complexity index is 608. The van der Waals surface area contributed by atoms with Gasteiger partial charge in [-0.2, -0.15) is 0 Å². The average Bonchev–Trinajstić information content (AvgIpc) is 2.45. The second-order valence-electron chi connectivity index (χ2n) is 4.76. The molecule has 0 N–H and O–H groups in total. The predicted molar refractivity (Wildman–Crippen MR) is 95.1 cm³/mol. The summed E-state index contributed by atoms with van der Waals surface area (Å²) in [4.78, 5) is 0.172. The van der Waals surface area contributed by atoms with Gasteiger partial charge in [0.25, 0.3) is 0 Å². The molecule has 2 rings (SSSR count). The molecule has 1 unspecified atom stereocenters. The van der Waals surface area contributed by atoms with Crippen molar-refractivity contribution in [3.8, 4) is 0 Å². The molecule has 20 heavy (non-hydrogen) atoms. The monoisotopic (exact) mass is 414 g/mol. The fourth-order valence-corrected chi connectivity index (χ4v) is 4.27. The molecular weight excluding hydrogens is 399 g/mol. The van der Waals surface area contributed by atoms with Crippen LogP contribution in [0.1, 0.15) is 40.9 Å². The molecule has 0 aliphatic heterocycles. The number of aryl methyl sites for hydroxylation is 2. The summed E-state index contributed by atoms with van der Waals surface area (Å²) in [5, 5.41) is 0.746. The molecule has 0 spiro atoms. The van der Waals surface area contributed by atoms with E-state index in [-0.39, 0.29) is 4.83 Å². The van der Waals surface area contributed by atoms with Gasteiger partial charge in [0, 0.05) is 9.50 Å². The summed E-state index contributed by atoms with van der Waals surface area (Å²) in [7, 11) is 0. The predicted octanol–water partition coefficient (Wildman–Crippen LogP) is 6.71. The van der Waals surface area contributed by atoms with E-state index in [4.69, 9.17) is 11.6 Å². The number of alkyl halides is 1. The third-order valence-corrected chi connectivity index (χ3v) is 5.46. The van der Waals surface area contributed by atoms with Gasteiger partial charge in [-0.15, -0.1) is 0 Å². The van der Waals surface area contributed by atoms with Crippen LogP contribution in [0.15, 0.2) is 40.9 Å². The Hall–Kier alpha value is -0.310. The molecule has 2 aromatic rings. The minimum absolute atomic E-state index is 0.172. The molecule has 0 amide bonds. The molecule has 0 saturated heterocycles. The zero-order valence-electron chi connectivity index (χ0n) is 11.6. The Labute approximate surface area is 142 Å². The molecule has 3 heteroatoms. The van der Waals surface area contributed by atoms with Crippen molar-refractivity contribution in [1.29, 1.82) is 0 Å². The zero-order valence-corrected chi connectivity index (χ0v) is 15.5. The minimum Gasteiger partial charge on any atom is -0.0843 e. The average molecular weight is 417 g/mol. The van der Waals surface area contributed by atoms with Crippen molar-refractivity contribution in [1.82, 2.24) is 0 Å². The summed E-state index contributed by atoms with van der Waals surface area (Å²) in [5.41, 5.74) is 5.34. The lowest BCUT2D eigenvalue weighted by Crippen LogP contribution is -1.98. The van der Waals surface area contributed by atoms with Crippen LogP contribution in [0.2, 0.25) is 5.02 Å². The number of benzene rings is 2. The lowest BCUT2D eigenvalue weighted by molar-refractivity contribution is 1.02. The van der Waals surface area contributed by atoms with Crippen LogP contribution in [0.4, 0.5) is 0 Å². The minimum atomic E-state index is 0.172. The third-order valence-electron chi connectivity index (χ3n) is 3.52. The summed E-state index contributed by atoms with van der Waals surface area (Å²) in [6.45, 7) is 4.41. The van der Waals surface area contributed by atoms with Crippen molar-refractivity contribution in [2.75, 3.05) is 0 Å². The molecule has 0 aliphatic rings. The van der Waals surface area contributed by atoms with Gasteiger partial charge < -0.3 is 0 Å². The largest absolute Gasteiger partial charge is 0.0843 e. The van der Waals surface area contributed by atoms with Gasteiger partial charge in [-0.05, 0) is 47.2 Å². The zero-order chi connectivity index (χ0) is 14.7. The first kappa shape index (κ1) is 16.1. The maximum atomic E-state index is 6.01. The van der Waals surface area contributed by atoms with E-state index in [0.29, 0.717) is 0 Å². The number of rotatable bonds is 4. The van der Waals surface area contributed by atoms with Crippen molar-refractivity contribution < 1.29 is 0 Å². The molecule has 2 aromatic carbocycles. The van der Waals surface area contributed by atoms with Gasteiger partial charge in [0.05, 0.1) is 4.83 Å². The van der Waals surface area contributed by atoms with Crippen molar-refractivity contribution in [2.45, 2.75) is 31.5 Å². The number of hydrogen-bond acceptors (Lipinski definition) is 0. The van der Waals surface area contributed by atoms with Crippen LogP contribution in [0.3, 0.4) is 0 Å². The van der Waals surface area contributed by atoms with Crippen LogP contribution in [-0.2, 0) is 12.8 Å². The van der Waals surface area contributed by atoms with E-state index >= 15 is 0 Å². The Morgan fingerprint density at radius 2 is 1.70 bits per heavy atom. The first-order valence-electron chi connectivity index (χ1n) is 6.77. The quantitative estimate of drug-likeness (QED) is 0.486. The Kier molecular flexibility index (Phi) is 5.71. The van der Waals surface area contributed by atoms with Crippen LogP contribution >= 0.6 is 43.5 Å². The van der Waals surface area contributed by atoms with E-state index in [1.807, 2.05) is 12.1 Å². The second-order valence-corrected chi connectivity index (χ2v) is 6.97. The van der Waals surface area contributed by atoms with Crippen LogP contribution < -0.4 is 0 Å². The molecule has 0 aliphatic carbocycles. The fourth-order valence-electron chi connectivity index (χ4n) is 2.36. The van der Waals surface area contributed by atoms with Gasteiger partial charge in [-0.3, -0.25) is 0 Å². The molecule has 0 heterocycles. The van der Waals surface area contributed by atoms with Gasteiger partial charge in [-0.25, -0.2) is 0 Å². The van der Waals surface area contributed by atoms with E-state index in [2.05, 4.69) is 70.0 Å². The molecule has 0 saturated carbocycles. The van der Waals surface area contributed by atoms with Crippen molar-refractivity contribution in [3.05, 3.63) is 68.1 Å². The highest BCUT2D eigenvalue weighted by Crippen LogP contribution is 2.37. The lowest BCUT2D eigenvalue weighted by Gasteiger charge is -2.16. The first-order chi connectivity index (χ1) is 9.56. The van der Waals surface area contributed by atoms with E-state index in [1.165, 1.54) is 22.3 Å². The molecule has 106 valence electrons. The van der Waals surface area contributed by atoms with E-state index in [1.54, 1.807) is 0 Å². The summed E-state index contributed by atoms with van der Waals surface area (Å²) < 4.78 is 1.03. The van der Waals surface area contributed by atoms with Crippen LogP contribution in [0, 0.1) is 0 Å². The number of halogens is 3. The molecule has 0 radical (unpaired) electrons. The Morgan fingerprint density at radius 1 is 1.00 bits per heavy atom. The molecule has 0 fully saturated rings.